The lowest BCUT2D eigenvalue weighted by Gasteiger charge is -2.40. The Morgan fingerprint density at radius 1 is 1.56 bits per heavy atom. The van der Waals surface area contributed by atoms with Crippen LogP contribution < -0.4 is 10.6 Å². The van der Waals surface area contributed by atoms with Gasteiger partial charge in [-0.05, 0) is 19.1 Å². The Morgan fingerprint density at radius 3 is 3.00 bits per heavy atom. The predicted octanol–water partition coefficient (Wildman–Crippen LogP) is 1.38. The van der Waals surface area contributed by atoms with Gasteiger partial charge in [-0.1, -0.05) is 17.7 Å². The van der Waals surface area contributed by atoms with Gasteiger partial charge in [0.2, 0.25) is 0 Å². The van der Waals surface area contributed by atoms with Gasteiger partial charge in [-0.3, -0.25) is 0 Å². The van der Waals surface area contributed by atoms with Crippen molar-refractivity contribution in [1.82, 2.24) is 0 Å². The Bertz CT molecular complexity index is 414. The highest BCUT2D eigenvalue weighted by Gasteiger charge is 2.27. The summed E-state index contributed by atoms with van der Waals surface area (Å²) in [6.45, 7) is 3.78. The second-order valence-corrected chi connectivity index (χ2v) is 4.99. The highest BCUT2D eigenvalue weighted by molar-refractivity contribution is 6.31. The van der Waals surface area contributed by atoms with Crippen molar-refractivity contribution in [3.05, 3.63) is 28.8 Å². The number of halogens is 1. The SMILES string of the molecule is CC1COC(CO)CN1c1cccc(Cl)c1CN. The summed E-state index contributed by atoms with van der Waals surface area (Å²) in [6.07, 6.45) is -0.147. The number of aliphatic hydroxyl groups is 1. The molecule has 0 aromatic heterocycles. The lowest BCUT2D eigenvalue weighted by atomic mass is 10.1. The van der Waals surface area contributed by atoms with Gasteiger partial charge in [0.15, 0.2) is 0 Å². The first-order valence-corrected chi connectivity index (χ1v) is 6.51. The summed E-state index contributed by atoms with van der Waals surface area (Å²) >= 11 is 6.18. The third-order valence-electron chi connectivity index (χ3n) is 3.32. The van der Waals surface area contributed by atoms with Gasteiger partial charge in [0, 0.05) is 35.4 Å². The Kier molecular flexibility index (Phi) is 4.45. The van der Waals surface area contributed by atoms with Gasteiger partial charge in [-0.2, -0.15) is 0 Å². The number of nitrogens with zero attached hydrogens (tertiary/aromatic N) is 1. The summed E-state index contributed by atoms with van der Waals surface area (Å²) in [7, 11) is 0. The fourth-order valence-corrected chi connectivity index (χ4v) is 2.53. The molecule has 18 heavy (non-hydrogen) atoms. The molecule has 1 aliphatic heterocycles. The Morgan fingerprint density at radius 2 is 2.33 bits per heavy atom. The van der Waals surface area contributed by atoms with E-state index in [0.717, 1.165) is 11.3 Å². The smallest absolute Gasteiger partial charge is 0.0981 e. The zero-order chi connectivity index (χ0) is 13.1. The molecule has 100 valence electrons. The van der Waals surface area contributed by atoms with Crippen LogP contribution in [0, 0.1) is 0 Å². The molecular formula is C13H19ClN2O2. The van der Waals surface area contributed by atoms with Gasteiger partial charge in [0.25, 0.3) is 0 Å². The molecule has 1 fully saturated rings. The van der Waals surface area contributed by atoms with Crippen LogP contribution in [0.1, 0.15) is 12.5 Å². The first-order valence-electron chi connectivity index (χ1n) is 6.14. The zero-order valence-electron chi connectivity index (χ0n) is 10.5. The Hall–Kier alpha value is -0.810. The van der Waals surface area contributed by atoms with E-state index in [1.807, 2.05) is 18.2 Å². The molecule has 1 heterocycles. The van der Waals surface area contributed by atoms with E-state index in [1.165, 1.54) is 0 Å². The number of benzene rings is 1. The number of ether oxygens (including phenoxy) is 1. The minimum atomic E-state index is -0.147. The van der Waals surface area contributed by atoms with Crippen LogP contribution in [-0.2, 0) is 11.3 Å². The molecule has 0 aliphatic carbocycles. The fourth-order valence-electron chi connectivity index (χ4n) is 2.28. The first kappa shape index (κ1) is 13.6. The predicted molar refractivity (Wildman–Crippen MR) is 73.0 cm³/mol. The van der Waals surface area contributed by atoms with E-state index >= 15 is 0 Å². The van der Waals surface area contributed by atoms with Crippen LogP contribution >= 0.6 is 11.6 Å². The fraction of sp³-hybridized carbons (Fsp3) is 0.538. The molecule has 3 N–H and O–H groups in total. The van der Waals surface area contributed by atoms with Gasteiger partial charge in [0.05, 0.1) is 19.3 Å². The van der Waals surface area contributed by atoms with Crippen molar-refractivity contribution >= 4 is 17.3 Å². The van der Waals surface area contributed by atoms with Gasteiger partial charge < -0.3 is 20.5 Å². The number of nitrogens with two attached hydrogens (primary N) is 1. The minimum absolute atomic E-state index is 0.0295. The summed E-state index contributed by atoms with van der Waals surface area (Å²) in [5.74, 6) is 0. The molecule has 0 saturated carbocycles. The molecule has 2 unspecified atom stereocenters. The van der Waals surface area contributed by atoms with Gasteiger partial charge >= 0.3 is 0 Å². The van der Waals surface area contributed by atoms with Gasteiger partial charge in [-0.25, -0.2) is 0 Å². The molecule has 2 rings (SSSR count). The summed E-state index contributed by atoms with van der Waals surface area (Å²) in [4.78, 5) is 2.21. The van der Waals surface area contributed by atoms with Crippen molar-refractivity contribution in [3.63, 3.8) is 0 Å². The van der Waals surface area contributed by atoms with Crippen LogP contribution in [0.25, 0.3) is 0 Å². The number of hydrogen-bond donors (Lipinski definition) is 2. The van der Waals surface area contributed by atoms with Gasteiger partial charge in [-0.15, -0.1) is 0 Å². The minimum Gasteiger partial charge on any atom is -0.394 e. The van der Waals surface area contributed by atoms with Crippen LogP contribution in [0.5, 0.6) is 0 Å². The van der Waals surface area contributed by atoms with Crippen molar-refractivity contribution in [2.75, 3.05) is 24.7 Å². The van der Waals surface area contributed by atoms with Crippen molar-refractivity contribution in [2.45, 2.75) is 25.6 Å². The van der Waals surface area contributed by atoms with Crippen molar-refractivity contribution in [3.8, 4) is 0 Å². The lowest BCUT2D eigenvalue weighted by molar-refractivity contribution is -0.0103. The quantitative estimate of drug-likeness (QED) is 0.871. The average Bonchev–Trinajstić information content (AvgIpc) is 2.39. The van der Waals surface area contributed by atoms with E-state index in [0.29, 0.717) is 24.7 Å². The van der Waals surface area contributed by atoms with E-state index in [2.05, 4.69) is 11.8 Å². The van der Waals surface area contributed by atoms with Crippen LogP contribution in [0.2, 0.25) is 5.02 Å². The van der Waals surface area contributed by atoms with E-state index in [-0.39, 0.29) is 18.8 Å². The largest absolute Gasteiger partial charge is 0.394 e. The second kappa shape index (κ2) is 5.89. The summed E-state index contributed by atoms with van der Waals surface area (Å²) < 4.78 is 5.54. The average molecular weight is 271 g/mol. The molecule has 1 aromatic rings. The molecule has 5 heteroatoms. The molecule has 0 bridgehead atoms. The van der Waals surface area contributed by atoms with Crippen molar-refractivity contribution in [2.24, 2.45) is 5.73 Å². The van der Waals surface area contributed by atoms with Crippen molar-refractivity contribution in [1.29, 1.82) is 0 Å². The third-order valence-corrected chi connectivity index (χ3v) is 3.67. The third kappa shape index (κ3) is 2.62. The van der Waals surface area contributed by atoms with E-state index in [4.69, 9.17) is 22.1 Å². The summed E-state index contributed by atoms with van der Waals surface area (Å²) in [5.41, 5.74) is 7.77. The van der Waals surface area contributed by atoms with E-state index in [9.17, 15) is 5.11 Å². The lowest BCUT2D eigenvalue weighted by Crippen LogP contribution is -2.50. The monoisotopic (exact) mass is 270 g/mol. The summed E-state index contributed by atoms with van der Waals surface area (Å²) in [5, 5.41) is 9.91. The molecular weight excluding hydrogens is 252 g/mol. The van der Waals surface area contributed by atoms with Crippen LogP contribution in [0.15, 0.2) is 18.2 Å². The maximum Gasteiger partial charge on any atom is 0.0981 e. The topological polar surface area (TPSA) is 58.7 Å². The molecule has 2 atom stereocenters. The van der Waals surface area contributed by atoms with Gasteiger partial charge in [0.1, 0.15) is 0 Å². The van der Waals surface area contributed by atoms with E-state index in [1.54, 1.807) is 0 Å². The number of anilines is 1. The molecule has 0 amide bonds. The van der Waals surface area contributed by atoms with Crippen LogP contribution in [-0.4, -0.2) is 37.0 Å². The Labute approximate surface area is 112 Å². The standard InChI is InChI=1S/C13H19ClN2O2/c1-9-8-18-10(7-17)6-16(9)13-4-2-3-12(14)11(13)5-15/h2-4,9-10,17H,5-8,15H2,1H3. The highest BCUT2D eigenvalue weighted by Crippen LogP contribution is 2.30. The second-order valence-electron chi connectivity index (χ2n) is 4.58. The maximum atomic E-state index is 9.22. The van der Waals surface area contributed by atoms with Crippen molar-refractivity contribution < 1.29 is 9.84 Å². The maximum absolute atomic E-state index is 9.22. The molecule has 0 spiro atoms. The number of rotatable bonds is 3. The number of morpholine rings is 1. The van der Waals surface area contributed by atoms with Crippen LogP contribution in [0.4, 0.5) is 5.69 Å². The molecule has 1 saturated heterocycles. The number of aliphatic hydroxyl groups excluding tert-OH is 1. The molecule has 0 radical (unpaired) electrons. The molecule has 1 aliphatic rings. The normalized spacial score (nSPS) is 24.3. The molecule has 1 aromatic carbocycles. The summed E-state index contributed by atoms with van der Waals surface area (Å²) in [6, 6.07) is 6.04. The van der Waals surface area contributed by atoms with Crippen LogP contribution in [0.3, 0.4) is 0 Å². The zero-order valence-corrected chi connectivity index (χ0v) is 11.2. The van der Waals surface area contributed by atoms with E-state index < -0.39 is 0 Å². The highest BCUT2D eigenvalue weighted by atomic mass is 35.5. The Balaban J connectivity index is 2.31. The number of hydrogen-bond acceptors (Lipinski definition) is 4. The first-order chi connectivity index (χ1) is 8.67. The molecule has 4 nitrogen and oxygen atoms in total.